The number of nitrogens with zero attached hydrogens (tertiary/aromatic N) is 1. The molecular formula is C9H6N2. The predicted molar refractivity (Wildman–Crippen MR) is 42.1 cm³/mol. The van der Waals surface area contributed by atoms with Gasteiger partial charge in [-0.15, -0.1) is 0 Å². The van der Waals surface area contributed by atoms with Crippen LogP contribution in [0.15, 0.2) is 30.6 Å². The first kappa shape index (κ1) is 5.99. The van der Waals surface area contributed by atoms with Gasteiger partial charge in [-0.3, -0.25) is 0 Å². The molecule has 52 valence electrons. The molecule has 0 unspecified atom stereocenters. The van der Waals surface area contributed by atoms with Crippen LogP contribution in [-0.2, 0) is 0 Å². The van der Waals surface area contributed by atoms with Crippen LogP contribution in [0.1, 0.15) is 5.56 Å². The summed E-state index contributed by atoms with van der Waals surface area (Å²) in [7, 11) is 0. The summed E-state index contributed by atoms with van der Waals surface area (Å²) in [6, 6.07) is 7.99. The molecule has 0 amide bonds. The van der Waals surface area contributed by atoms with Crippen LogP contribution in [0, 0.1) is 11.3 Å². The Bertz CT molecular complexity index is 381. The third-order valence-electron chi connectivity index (χ3n) is 1.73. The van der Waals surface area contributed by atoms with Crippen molar-refractivity contribution < 1.29 is 0 Å². The van der Waals surface area contributed by atoms with Crippen molar-refractivity contribution in [3.63, 3.8) is 0 Å². The van der Waals surface area contributed by atoms with E-state index in [2.05, 4.69) is 11.1 Å². The van der Waals surface area contributed by atoms with Crippen molar-refractivity contribution in [3.8, 4) is 17.2 Å². The fourth-order valence-corrected chi connectivity index (χ4v) is 1.19. The van der Waals surface area contributed by atoms with Crippen LogP contribution in [0.4, 0.5) is 0 Å². The van der Waals surface area contributed by atoms with E-state index in [1.165, 1.54) is 0 Å². The van der Waals surface area contributed by atoms with Gasteiger partial charge in [0.2, 0.25) is 0 Å². The molecule has 0 radical (unpaired) electrons. The first-order valence-electron chi connectivity index (χ1n) is 3.37. The van der Waals surface area contributed by atoms with E-state index in [4.69, 9.17) is 5.26 Å². The number of nitriles is 1. The summed E-state index contributed by atoms with van der Waals surface area (Å²) in [5.41, 5.74) is 2.81. The maximum atomic E-state index is 8.68. The molecule has 11 heavy (non-hydrogen) atoms. The second-order valence-electron chi connectivity index (χ2n) is 2.38. The average Bonchev–Trinajstić information content (AvgIpc) is 2.50. The lowest BCUT2D eigenvalue weighted by Gasteiger charge is -1.98. The van der Waals surface area contributed by atoms with Gasteiger partial charge in [-0.25, -0.2) is 0 Å². The molecule has 0 saturated carbocycles. The third-order valence-corrected chi connectivity index (χ3v) is 1.73. The van der Waals surface area contributed by atoms with Crippen molar-refractivity contribution in [1.29, 1.82) is 5.26 Å². The van der Waals surface area contributed by atoms with Crippen LogP contribution in [-0.4, -0.2) is 4.98 Å². The van der Waals surface area contributed by atoms with E-state index < -0.39 is 0 Å². The smallest absolute Gasteiger partial charge is 0.101 e. The molecule has 1 heterocycles. The first-order chi connectivity index (χ1) is 5.42. The SMILES string of the molecule is N#Cc1c[nH]cc2cccc1-2. The average molecular weight is 142 g/mol. The monoisotopic (exact) mass is 142 g/mol. The van der Waals surface area contributed by atoms with Crippen LogP contribution < -0.4 is 0 Å². The van der Waals surface area contributed by atoms with Crippen molar-refractivity contribution in [3.05, 3.63) is 36.2 Å². The first-order valence-corrected chi connectivity index (χ1v) is 3.37. The second-order valence-corrected chi connectivity index (χ2v) is 2.38. The molecule has 0 aromatic rings. The molecule has 2 nitrogen and oxygen atoms in total. The molecule has 1 N–H and O–H groups in total. The summed E-state index contributed by atoms with van der Waals surface area (Å²) in [5, 5.41) is 8.68. The second kappa shape index (κ2) is 2.14. The summed E-state index contributed by atoms with van der Waals surface area (Å²) in [6.45, 7) is 0. The summed E-state index contributed by atoms with van der Waals surface area (Å²) in [6.07, 6.45) is 3.60. The fraction of sp³-hybridized carbons (Fsp3) is 0. The lowest BCUT2D eigenvalue weighted by molar-refractivity contribution is 1.31. The van der Waals surface area contributed by atoms with E-state index in [-0.39, 0.29) is 0 Å². The molecule has 0 bridgehead atoms. The van der Waals surface area contributed by atoms with Crippen LogP contribution in [0.3, 0.4) is 0 Å². The molecule has 0 atom stereocenters. The zero-order valence-corrected chi connectivity index (χ0v) is 5.83. The Hall–Kier alpha value is -1.75. The van der Waals surface area contributed by atoms with Gasteiger partial charge >= 0.3 is 0 Å². The van der Waals surface area contributed by atoms with Crippen molar-refractivity contribution in [2.24, 2.45) is 0 Å². The predicted octanol–water partition coefficient (Wildman–Crippen LogP) is 1.99. The van der Waals surface area contributed by atoms with Crippen molar-refractivity contribution in [1.82, 2.24) is 4.98 Å². The quantitative estimate of drug-likeness (QED) is 0.600. The summed E-state index contributed by atoms with van der Waals surface area (Å²) >= 11 is 0. The number of aromatic nitrogens is 1. The topological polar surface area (TPSA) is 39.6 Å². The van der Waals surface area contributed by atoms with E-state index in [1.807, 2.05) is 24.4 Å². The normalized spacial score (nSPS) is 9.73. The number of aromatic amines is 1. The van der Waals surface area contributed by atoms with Gasteiger partial charge in [-0.2, -0.15) is 5.26 Å². The summed E-state index contributed by atoms with van der Waals surface area (Å²) in [4.78, 5) is 2.92. The highest BCUT2D eigenvalue weighted by atomic mass is 14.6. The zero-order chi connectivity index (χ0) is 7.68. The molecule has 0 aromatic carbocycles. The van der Waals surface area contributed by atoms with E-state index in [9.17, 15) is 0 Å². The van der Waals surface area contributed by atoms with Crippen molar-refractivity contribution in [2.75, 3.05) is 0 Å². The molecule has 1 aliphatic heterocycles. The van der Waals surface area contributed by atoms with E-state index in [1.54, 1.807) is 6.20 Å². The zero-order valence-electron chi connectivity index (χ0n) is 5.83. The van der Waals surface area contributed by atoms with Gasteiger partial charge in [0, 0.05) is 18.0 Å². The minimum absolute atomic E-state index is 0.701. The van der Waals surface area contributed by atoms with Crippen LogP contribution >= 0.6 is 0 Å². The maximum Gasteiger partial charge on any atom is 0.101 e. The Morgan fingerprint density at radius 1 is 1.27 bits per heavy atom. The van der Waals surface area contributed by atoms with Crippen LogP contribution in [0.25, 0.3) is 11.1 Å². The Balaban J connectivity index is 2.79. The molecule has 0 saturated heterocycles. The number of nitrogens with one attached hydrogen (secondary N) is 1. The highest BCUT2D eigenvalue weighted by Crippen LogP contribution is 2.24. The Morgan fingerprint density at radius 2 is 2.18 bits per heavy atom. The van der Waals surface area contributed by atoms with E-state index in [0.29, 0.717) is 5.56 Å². The summed E-state index contributed by atoms with van der Waals surface area (Å²) < 4.78 is 0. The Kier molecular flexibility index (Phi) is 1.16. The molecular weight excluding hydrogens is 136 g/mol. The van der Waals surface area contributed by atoms with Crippen LogP contribution in [0.5, 0.6) is 0 Å². The minimum atomic E-state index is 0.701. The fourth-order valence-electron chi connectivity index (χ4n) is 1.19. The number of rotatable bonds is 0. The van der Waals surface area contributed by atoms with Crippen molar-refractivity contribution in [2.45, 2.75) is 0 Å². The molecule has 2 rings (SSSR count). The van der Waals surface area contributed by atoms with Crippen molar-refractivity contribution >= 4 is 0 Å². The molecule has 0 fully saturated rings. The minimum Gasteiger partial charge on any atom is -0.366 e. The van der Waals surface area contributed by atoms with Gasteiger partial charge < -0.3 is 4.98 Å². The van der Waals surface area contributed by atoms with E-state index in [0.717, 1.165) is 11.1 Å². The number of fused-ring (bicyclic) bond motifs is 1. The third kappa shape index (κ3) is 0.786. The lowest BCUT2D eigenvalue weighted by Crippen LogP contribution is -1.82. The number of hydrogen-bond donors (Lipinski definition) is 1. The number of hydrogen-bond acceptors (Lipinski definition) is 1. The van der Waals surface area contributed by atoms with Gasteiger partial charge in [0.15, 0.2) is 0 Å². The Labute approximate surface area is 64.4 Å². The van der Waals surface area contributed by atoms with Gasteiger partial charge in [0.1, 0.15) is 6.07 Å². The largest absolute Gasteiger partial charge is 0.366 e. The molecule has 2 aliphatic rings. The number of H-pyrrole nitrogens is 1. The lowest BCUT2D eigenvalue weighted by atomic mass is 10.1. The van der Waals surface area contributed by atoms with Gasteiger partial charge in [-0.1, -0.05) is 18.2 Å². The molecule has 1 aliphatic carbocycles. The van der Waals surface area contributed by atoms with E-state index >= 15 is 0 Å². The Morgan fingerprint density at radius 3 is 3.00 bits per heavy atom. The molecule has 2 heteroatoms. The van der Waals surface area contributed by atoms with Gasteiger partial charge in [-0.05, 0) is 5.56 Å². The summed E-state index contributed by atoms with van der Waals surface area (Å²) in [5.74, 6) is 0. The molecule has 0 spiro atoms. The van der Waals surface area contributed by atoms with Gasteiger partial charge in [0.25, 0.3) is 0 Å². The number of pyridine rings is 1. The maximum absolute atomic E-state index is 8.68. The highest BCUT2D eigenvalue weighted by Gasteiger charge is 2.05. The van der Waals surface area contributed by atoms with Crippen LogP contribution in [0.2, 0.25) is 0 Å². The highest BCUT2D eigenvalue weighted by molar-refractivity contribution is 5.71. The van der Waals surface area contributed by atoms with Gasteiger partial charge in [0.05, 0.1) is 5.56 Å². The standard InChI is InChI=1S/C9H6N2/c10-4-8-6-11-5-7-2-1-3-9(7)8/h1-3,5-6,11H. The molecule has 0 aromatic heterocycles.